The molecule has 1 aromatic carbocycles. The highest BCUT2D eigenvalue weighted by atomic mass is 32.1. The maximum Gasteiger partial charge on any atom is 0.228 e. The molecule has 1 aromatic heterocycles. The summed E-state index contributed by atoms with van der Waals surface area (Å²) in [5.41, 5.74) is 0.902. The lowest BCUT2D eigenvalue weighted by Crippen LogP contribution is -2.24. The SMILES string of the molecule is N#CC1CC(=O)N(c2ccc3sccc3c2)C1. The lowest BCUT2D eigenvalue weighted by Gasteiger charge is -2.15. The van der Waals surface area contributed by atoms with Crippen LogP contribution in [0.25, 0.3) is 10.1 Å². The summed E-state index contributed by atoms with van der Waals surface area (Å²) in [4.78, 5) is 13.5. The minimum atomic E-state index is -0.166. The fourth-order valence-corrected chi connectivity index (χ4v) is 2.94. The predicted octanol–water partition coefficient (Wildman–Crippen LogP) is 2.78. The summed E-state index contributed by atoms with van der Waals surface area (Å²) >= 11 is 1.69. The highest BCUT2D eigenvalue weighted by Gasteiger charge is 2.30. The molecular weight excluding hydrogens is 232 g/mol. The zero-order valence-corrected chi connectivity index (χ0v) is 9.91. The molecule has 17 heavy (non-hydrogen) atoms. The quantitative estimate of drug-likeness (QED) is 0.771. The second kappa shape index (κ2) is 3.86. The van der Waals surface area contributed by atoms with Crippen LogP contribution in [0.4, 0.5) is 5.69 Å². The van der Waals surface area contributed by atoms with Crippen LogP contribution in [0.2, 0.25) is 0 Å². The van der Waals surface area contributed by atoms with Crippen molar-refractivity contribution in [1.82, 2.24) is 0 Å². The molecular formula is C13H10N2OS. The van der Waals surface area contributed by atoms with E-state index in [1.807, 2.05) is 29.6 Å². The Balaban J connectivity index is 1.98. The van der Waals surface area contributed by atoms with Crippen LogP contribution in [-0.4, -0.2) is 12.5 Å². The van der Waals surface area contributed by atoms with Gasteiger partial charge in [-0.3, -0.25) is 4.79 Å². The first-order valence-electron chi connectivity index (χ1n) is 5.45. The highest BCUT2D eigenvalue weighted by molar-refractivity contribution is 7.17. The average Bonchev–Trinajstić information content (AvgIpc) is 2.93. The number of anilines is 1. The number of amides is 1. The van der Waals surface area contributed by atoms with Gasteiger partial charge in [0.05, 0.1) is 12.0 Å². The van der Waals surface area contributed by atoms with E-state index in [9.17, 15) is 4.79 Å². The summed E-state index contributed by atoms with van der Waals surface area (Å²) in [6.45, 7) is 0.519. The molecule has 1 aliphatic heterocycles. The summed E-state index contributed by atoms with van der Waals surface area (Å²) < 4.78 is 1.22. The van der Waals surface area contributed by atoms with Gasteiger partial charge in [0.25, 0.3) is 0 Å². The van der Waals surface area contributed by atoms with Gasteiger partial charge in [-0.05, 0) is 35.0 Å². The molecule has 3 nitrogen and oxygen atoms in total. The van der Waals surface area contributed by atoms with Crippen molar-refractivity contribution in [1.29, 1.82) is 5.26 Å². The zero-order valence-electron chi connectivity index (χ0n) is 9.09. The molecule has 1 atom stereocenters. The van der Waals surface area contributed by atoms with E-state index in [0.717, 1.165) is 11.1 Å². The largest absolute Gasteiger partial charge is 0.311 e. The van der Waals surface area contributed by atoms with Crippen LogP contribution < -0.4 is 4.90 Å². The Kier molecular flexibility index (Phi) is 2.34. The van der Waals surface area contributed by atoms with Crippen molar-refractivity contribution in [2.45, 2.75) is 6.42 Å². The molecule has 0 radical (unpaired) electrons. The van der Waals surface area contributed by atoms with Crippen LogP contribution in [-0.2, 0) is 4.79 Å². The number of carbonyl (C=O) groups excluding carboxylic acids is 1. The average molecular weight is 242 g/mol. The number of benzene rings is 1. The smallest absolute Gasteiger partial charge is 0.228 e. The first-order valence-corrected chi connectivity index (χ1v) is 6.33. The molecule has 3 rings (SSSR count). The summed E-state index contributed by atoms with van der Waals surface area (Å²) in [6, 6.07) is 10.2. The maximum absolute atomic E-state index is 11.8. The molecule has 0 bridgehead atoms. The van der Waals surface area contributed by atoms with Crippen molar-refractivity contribution in [2.75, 3.05) is 11.4 Å². The fourth-order valence-electron chi connectivity index (χ4n) is 2.17. The molecule has 1 unspecified atom stereocenters. The third-order valence-corrected chi connectivity index (χ3v) is 3.95. The van der Waals surface area contributed by atoms with Crippen LogP contribution in [0.3, 0.4) is 0 Å². The van der Waals surface area contributed by atoms with Gasteiger partial charge in [-0.1, -0.05) is 0 Å². The second-order valence-corrected chi connectivity index (χ2v) is 5.12. The van der Waals surface area contributed by atoms with Crippen molar-refractivity contribution in [3.05, 3.63) is 29.6 Å². The van der Waals surface area contributed by atoms with E-state index >= 15 is 0 Å². The van der Waals surface area contributed by atoms with E-state index in [-0.39, 0.29) is 11.8 Å². The molecule has 1 saturated heterocycles. The Morgan fingerprint density at radius 1 is 1.41 bits per heavy atom. The summed E-state index contributed by atoms with van der Waals surface area (Å²) in [7, 11) is 0. The third kappa shape index (κ3) is 1.69. The lowest BCUT2D eigenvalue weighted by atomic mass is 10.1. The van der Waals surface area contributed by atoms with Gasteiger partial charge in [0.2, 0.25) is 5.91 Å². The van der Waals surface area contributed by atoms with Crippen LogP contribution in [0.1, 0.15) is 6.42 Å². The Morgan fingerprint density at radius 3 is 3.06 bits per heavy atom. The van der Waals surface area contributed by atoms with Gasteiger partial charge >= 0.3 is 0 Å². The van der Waals surface area contributed by atoms with E-state index in [1.165, 1.54) is 4.70 Å². The normalized spacial score (nSPS) is 19.8. The maximum atomic E-state index is 11.8. The number of rotatable bonds is 1. The van der Waals surface area contributed by atoms with Gasteiger partial charge in [0.15, 0.2) is 0 Å². The number of nitriles is 1. The molecule has 1 fully saturated rings. The van der Waals surface area contributed by atoms with Gasteiger partial charge in [0.1, 0.15) is 0 Å². The molecule has 0 aliphatic carbocycles. The Bertz CT molecular complexity index is 626. The molecule has 0 N–H and O–H groups in total. The van der Waals surface area contributed by atoms with E-state index < -0.39 is 0 Å². The lowest BCUT2D eigenvalue weighted by molar-refractivity contribution is -0.117. The monoisotopic (exact) mass is 242 g/mol. The molecule has 2 aromatic rings. The Morgan fingerprint density at radius 2 is 2.29 bits per heavy atom. The standard InChI is InChI=1S/C13H10N2OS/c14-7-9-5-13(16)15(8-9)11-1-2-12-10(6-11)3-4-17-12/h1-4,6,9H,5,8H2. The van der Waals surface area contributed by atoms with Gasteiger partial charge < -0.3 is 4.90 Å². The van der Waals surface area contributed by atoms with Gasteiger partial charge in [0, 0.05) is 23.4 Å². The van der Waals surface area contributed by atoms with Crippen molar-refractivity contribution in [2.24, 2.45) is 5.92 Å². The predicted molar refractivity (Wildman–Crippen MR) is 67.9 cm³/mol. The van der Waals surface area contributed by atoms with Crippen LogP contribution in [0.15, 0.2) is 29.6 Å². The zero-order chi connectivity index (χ0) is 11.8. The van der Waals surface area contributed by atoms with E-state index in [2.05, 4.69) is 6.07 Å². The van der Waals surface area contributed by atoms with Crippen molar-refractivity contribution in [3.8, 4) is 6.07 Å². The minimum Gasteiger partial charge on any atom is -0.311 e. The molecule has 84 valence electrons. The highest BCUT2D eigenvalue weighted by Crippen LogP contribution is 2.29. The number of carbonyl (C=O) groups is 1. The van der Waals surface area contributed by atoms with Gasteiger partial charge in [-0.15, -0.1) is 11.3 Å². The van der Waals surface area contributed by atoms with Crippen molar-refractivity contribution in [3.63, 3.8) is 0 Å². The first-order chi connectivity index (χ1) is 8.28. The topological polar surface area (TPSA) is 44.1 Å². The van der Waals surface area contributed by atoms with E-state index in [0.29, 0.717) is 13.0 Å². The van der Waals surface area contributed by atoms with Crippen LogP contribution in [0.5, 0.6) is 0 Å². The number of hydrogen-bond donors (Lipinski definition) is 0. The first kappa shape index (κ1) is 10.3. The molecule has 2 heterocycles. The van der Waals surface area contributed by atoms with Crippen LogP contribution in [0, 0.1) is 17.2 Å². The number of thiophene rings is 1. The molecule has 4 heteroatoms. The fraction of sp³-hybridized carbons (Fsp3) is 0.231. The van der Waals surface area contributed by atoms with E-state index in [1.54, 1.807) is 16.2 Å². The van der Waals surface area contributed by atoms with Crippen molar-refractivity contribution < 1.29 is 4.79 Å². The van der Waals surface area contributed by atoms with E-state index in [4.69, 9.17) is 5.26 Å². The van der Waals surface area contributed by atoms with Crippen molar-refractivity contribution >= 4 is 33.0 Å². The molecule has 0 saturated carbocycles. The molecule has 1 amide bonds. The number of hydrogen-bond acceptors (Lipinski definition) is 3. The number of nitrogens with zero attached hydrogens (tertiary/aromatic N) is 2. The van der Waals surface area contributed by atoms with Gasteiger partial charge in [-0.25, -0.2) is 0 Å². The third-order valence-electron chi connectivity index (χ3n) is 3.06. The summed E-state index contributed by atoms with van der Waals surface area (Å²) in [6.07, 6.45) is 0.345. The Labute approximate surface area is 103 Å². The molecule has 0 spiro atoms. The minimum absolute atomic E-state index is 0.0473. The Hall–Kier alpha value is -1.86. The summed E-state index contributed by atoms with van der Waals surface area (Å²) in [5.74, 6) is -0.119. The summed E-state index contributed by atoms with van der Waals surface area (Å²) in [5, 5.41) is 12.1. The molecule has 1 aliphatic rings. The number of fused-ring (bicyclic) bond motifs is 1. The van der Waals surface area contributed by atoms with Crippen LogP contribution >= 0.6 is 11.3 Å². The van der Waals surface area contributed by atoms with Gasteiger partial charge in [-0.2, -0.15) is 5.26 Å². The second-order valence-electron chi connectivity index (χ2n) is 4.18.